The van der Waals surface area contributed by atoms with Gasteiger partial charge in [-0.15, -0.1) is 10.2 Å². The monoisotopic (exact) mass is 495 g/mol. The molecule has 2 unspecified atom stereocenters. The highest BCUT2D eigenvalue weighted by Gasteiger charge is 2.26. The molecule has 10 heteroatoms. The van der Waals surface area contributed by atoms with Gasteiger partial charge in [-0.25, -0.2) is 0 Å². The lowest BCUT2D eigenvalue weighted by atomic mass is 9.84. The lowest BCUT2D eigenvalue weighted by molar-refractivity contribution is -0.125. The van der Waals surface area contributed by atoms with Crippen molar-refractivity contribution in [3.05, 3.63) is 34.9 Å². The molecule has 0 bridgehead atoms. The Morgan fingerprint density at radius 1 is 1.12 bits per heavy atom. The Hall–Kier alpha value is -1.68. The fourth-order valence-corrected chi connectivity index (χ4v) is 5.67. The van der Waals surface area contributed by atoms with Gasteiger partial charge in [0.25, 0.3) is 0 Å². The van der Waals surface area contributed by atoms with Crippen LogP contribution in [0.15, 0.2) is 28.6 Å². The normalized spacial score (nSPS) is 18.5. The topological polar surface area (TPSA) is 87.2 Å². The number of anilines is 1. The van der Waals surface area contributed by atoms with Crippen LogP contribution in [0.4, 0.5) is 5.13 Å². The van der Waals surface area contributed by atoms with Gasteiger partial charge in [-0.2, -0.15) is 0 Å². The molecule has 2 aromatic rings. The van der Waals surface area contributed by atoms with Gasteiger partial charge in [0.05, 0.1) is 0 Å². The zero-order valence-electron chi connectivity index (χ0n) is 18.5. The second-order valence-electron chi connectivity index (χ2n) is 8.32. The van der Waals surface area contributed by atoms with E-state index in [0.29, 0.717) is 16.1 Å². The Morgan fingerprint density at radius 3 is 2.59 bits per heavy atom. The molecule has 0 aliphatic heterocycles. The first-order chi connectivity index (χ1) is 15.4. The van der Waals surface area contributed by atoms with Crippen molar-refractivity contribution in [3.63, 3.8) is 0 Å². The molecule has 0 radical (unpaired) electrons. The summed E-state index contributed by atoms with van der Waals surface area (Å²) in [5.41, 5.74) is 1.14. The van der Waals surface area contributed by atoms with Crippen LogP contribution in [0.25, 0.3) is 0 Å². The molecule has 3 rings (SSSR count). The van der Waals surface area contributed by atoms with Crippen LogP contribution in [0.2, 0.25) is 5.02 Å². The number of carbonyl (C=O) groups excluding carboxylic acids is 2. The van der Waals surface area contributed by atoms with Crippen molar-refractivity contribution in [2.75, 3.05) is 26.0 Å². The number of thioether (sulfide) groups is 1. The van der Waals surface area contributed by atoms with Crippen molar-refractivity contribution in [2.45, 2.75) is 54.7 Å². The number of nitrogens with zero attached hydrogens (tertiary/aromatic N) is 3. The first-order valence-electron chi connectivity index (χ1n) is 10.8. The van der Waals surface area contributed by atoms with Crippen LogP contribution in [0.1, 0.15) is 44.1 Å². The SMILES string of the molecule is CN(C)CC1CCCCC1NC(=O)CCC(=O)Nc1nnc(SCc2ccc(Cl)cc2)s1. The summed E-state index contributed by atoms with van der Waals surface area (Å²) < 4.78 is 0.775. The van der Waals surface area contributed by atoms with Crippen molar-refractivity contribution in [3.8, 4) is 0 Å². The van der Waals surface area contributed by atoms with Crippen LogP contribution in [-0.4, -0.2) is 53.6 Å². The van der Waals surface area contributed by atoms with Crippen LogP contribution in [0.3, 0.4) is 0 Å². The minimum Gasteiger partial charge on any atom is -0.353 e. The molecule has 174 valence electrons. The molecule has 1 heterocycles. The summed E-state index contributed by atoms with van der Waals surface area (Å²) in [6.07, 6.45) is 4.81. The smallest absolute Gasteiger partial charge is 0.226 e. The molecule has 2 amide bonds. The van der Waals surface area contributed by atoms with E-state index in [1.807, 2.05) is 24.3 Å². The maximum Gasteiger partial charge on any atom is 0.226 e. The molecule has 1 aliphatic rings. The van der Waals surface area contributed by atoms with Gasteiger partial charge in [0.2, 0.25) is 16.9 Å². The van der Waals surface area contributed by atoms with Crippen molar-refractivity contribution in [2.24, 2.45) is 5.92 Å². The first-order valence-corrected chi connectivity index (χ1v) is 13.0. The van der Waals surface area contributed by atoms with E-state index in [4.69, 9.17) is 11.6 Å². The van der Waals surface area contributed by atoms with Crippen molar-refractivity contribution in [1.29, 1.82) is 0 Å². The Bertz CT molecular complexity index is 891. The van der Waals surface area contributed by atoms with E-state index >= 15 is 0 Å². The minimum absolute atomic E-state index is 0.0627. The minimum atomic E-state index is -0.223. The van der Waals surface area contributed by atoms with Crippen LogP contribution in [0.5, 0.6) is 0 Å². The molecule has 1 aromatic heterocycles. The summed E-state index contributed by atoms with van der Waals surface area (Å²) >= 11 is 8.79. The van der Waals surface area contributed by atoms with Crippen molar-refractivity contribution in [1.82, 2.24) is 20.4 Å². The molecule has 0 spiro atoms. The number of carbonyl (C=O) groups is 2. The Balaban J connectivity index is 1.39. The standard InChI is InChI=1S/C22H30ClN5O2S2/c1-28(2)13-16-5-3-4-6-18(16)24-19(29)11-12-20(30)25-21-26-27-22(32-21)31-14-15-7-9-17(23)10-8-15/h7-10,16,18H,3-6,11-14H2,1-2H3,(H,24,29)(H,25,26,30). The Kier molecular flexibility index (Phi) is 9.77. The summed E-state index contributed by atoms with van der Waals surface area (Å²) in [6.45, 7) is 0.973. The van der Waals surface area contributed by atoms with Gasteiger partial charge in [-0.05, 0) is 50.6 Å². The molecule has 2 N–H and O–H groups in total. The number of halogens is 1. The summed E-state index contributed by atoms with van der Waals surface area (Å²) in [4.78, 5) is 26.8. The van der Waals surface area contributed by atoms with Gasteiger partial charge < -0.3 is 15.5 Å². The third-order valence-electron chi connectivity index (χ3n) is 5.36. The molecule has 1 saturated carbocycles. The number of hydrogen-bond acceptors (Lipinski definition) is 7. The van der Waals surface area contributed by atoms with E-state index in [1.165, 1.54) is 17.8 Å². The lowest BCUT2D eigenvalue weighted by Gasteiger charge is -2.34. The first kappa shape index (κ1) is 25.0. The number of hydrogen-bond donors (Lipinski definition) is 2. The van der Waals surface area contributed by atoms with Gasteiger partial charge in [0, 0.05) is 36.2 Å². The Morgan fingerprint density at radius 2 is 1.84 bits per heavy atom. The summed E-state index contributed by atoms with van der Waals surface area (Å²) in [6, 6.07) is 7.86. The average molecular weight is 496 g/mol. The lowest BCUT2D eigenvalue weighted by Crippen LogP contribution is -2.45. The quantitative estimate of drug-likeness (QED) is 0.374. The van der Waals surface area contributed by atoms with Gasteiger partial charge in [-0.1, -0.05) is 59.7 Å². The molecular formula is C22H30ClN5O2S2. The van der Waals surface area contributed by atoms with Crippen LogP contribution in [0, 0.1) is 5.92 Å². The van der Waals surface area contributed by atoms with Gasteiger partial charge in [-0.3, -0.25) is 9.59 Å². The molecule has 1 aliphatic carbocycles. The highest BCUT2D eigenvalue weighted by Crippen LogP contribution is 2.29. The largest absolute Gasteiger partial charge is 0.353 e. The molecule has 1 aromatic carbocycles. The van der Waals surface area contributed by atoms with Crippen molar-refractivity contribution < 1.29 is 9.59 Å². The van der Waals surface area contributed by atoms with Crippen LogP contribution < -0.4 is 10.6 Å². The van der Waals surface area contributed by atoms with Gasteiger partial charge in [0.1, 0.15) is 0 Å². The third-order valence-corrected chi connectivity index (χ3v) is 7.66. The maximum absolute atomic E-state index is 12.4. The second-order valence-corrected chi connectivity index (χ2v) is 11.0. The summed E-state index contributed by atoms with van der Waals surface area (Å²) in [7, 11) is 4.12. The Labute approximate surface area is 202 Å². The zero-order valence-corrected chi connectivity index (χ0v) is 20.9. The van der Waals surface area contributed by atoms with E-state index in [0.717, 1.165) is 41.5 Å². The highest BCUT2D eigenvalue weighted by molar-refractivity contribution is 8.00. The van der Waals surface area contributed by atoms with Crippen molar-refractivity contribution >= 4 is 51.6 Å². The predicted octanol–water partition coefficient (Wildman–Crippen LogP) is 4.44. The zero-order chi connectivity index (χ0) is 22.9. The molecule has 1 fully saturated rings. The fourth-order valence-electron chi connectivity index (χ4n) is 3.82. The van der Waals surface area contributed by atoms with E-state index in [2.05, 4.69) is 39.8 Å². The average Bonchev–Trinajstić information content (AvgIpc) is 3.20. The number of aromatic nitrogens is 2. The van der Waals surface area contributed by atoms with E-state index in [1.54, 1.807) is 11.8 Å². The molecule has 32 heavy (non-hydrogen) atoms. The second kappa shape index (κ2) is 12.5. The maximum atomic E-state index is 12.4. The van der Waals surface area contributed by atoms with Gasteiger partial charge >= 0.3 is 0 Å². The van der Waals surface area contributed by atoms with E-state index in [9.17, 15) is 9.59 Å². The van der Waals surface area contributed by atoms with Gasteiger partial charge in [0.15, 0.2) is 4.34 Å². The van der Waals surface area contributed by atoms with E-state index < -0.39 is 0 Å². The summed E-state index contributed by atoms with van der Waals surface area (Å²) in [5, 5.41) is 15.2. The van der Waals surface area contributed by atoms with E-state index in [-0.39, 0.29) is 30.7 Å². The van der Waals surface area contributed by atoms with Crippen LogP contribution >= 0.6 is 34.7 Å². The number of benzene rings is 1. The number of amides is 2. The number of rotatable bonds is 10. The summed E-state index contributed by atoms with van der Waals surface area (Å²) in [5.74, 6) is 0.934. The fraction of sp³-hybridized carbons (Fsp3) is 0.545. The van der Waals surface area contributed by atoms with Crippen LogP contribution in [-0.2, 0) is 15.3 Å². The molecular weight excluding hydrogens is 466 g/mol. The predicted molar refractivity (Wildman–Crippen MR) is 131 cm³/mol. The molecule has 0 saturated heterocycles. The molecule has 7 nitrogen and oxygen atoms in total. The molecule has 2 atom stereocenters. The highest BCUT2D eigenvalue weighted by atomic mass is 35.5. The third kappa shape index (κ3) is 8.35. The number of nitrogens with one attached hydrogen (secondary N) is 2.